The molecule has 36 heavy (non-hydrogen) atoms. The summed E-state index contributed by atoms with van der Waals surface area (Å²) in [5, 5.41) is 15.8. The molecule has 5 rings (SSSR count). The summed E-state index contributed by atoms with van der Waals surface area (Å²) in [4.78, 5) is 28.5. The zero-order valence-corrected chi connectivity index (χ0v) is 19.6. The van der Waals surface area contributed by atoms with Crippen LogP contribution < -0.4 is 20.5 Å². The number of nitrogens with two attached hydrogens (primary N) is 1. The molecule has 0 aliphatic carbocycles. The maximum Gasteiger partial charge on any atom is 0.272 e. The van der Waals surface area contributed by atoms with E-state index < -0.39 is 5.91 Å². The van der Waals surface area contributed by atoms with Crippen molar-refractivity contribution in [3.63, 3.8) is 0 Å². The second kappa shape index (κ2) is 9.45. The first-order valence-electron chi connectivity index (χ1n) is 11.2. The lowest BCUT2D eigenvalue weighted by atomic mass is 9.86. The number of rotatable bonds is 7. The van der Waals surface area contributed by atoms with Gasteiger partial charge in [0.05, 0.1) is 24.7 Å². The van der Waals surface area contributed by atoms with Gasteiger partial charge in [0.15, 0.2) is 6.61 Å². The summed E-state index contributed by atoms with van der Waals surface area (Å²) >= 11 is 0. The number of carbonyl (C=O) groups is 2. The lowest BCUT2D eigenvalue weighted by Gasteiger charge is -2.24. The van der Waals surface area contributed by atoms with Crippen LogP contribution in [0, 0.1) is 6.92 Å². The Morgan fingerprint density at radius 3 is 2.75 bits per heavy atom. The highest BCUT2D eigenvalue weighted by atomic mass is 16.5. The van der Waals surface area contributed by atoms with Gasteiger partial charge in [-0.3, -0.25) is 9.59 Å². The Bertz CT molecular complexity index is 1450. The van der Waals surface area contributed by atoms with Crippen LogP contribution in [-0.2, 0) is 9.59 Å². The number of ether oxygens (including phenoxy) is 2. The molecule has 1 aliphatic heterocycles. The van der Waals surface area contributed by atoms with E-state index in [4.69, 9.17) is 15.2 Å². The molecule has 4 aromatic rings. The molecule has 11 heteroatoms. The summed E-state index contributed by atoms with van der Waals surface area (Å²) < 4.78 is 12.2. The number of anilines is 1. The number of nitrogens with one attached hydrogen (secondary N) is 1. The number of benzene rings is 2. The monoisotopic (exact) mass is 485 g/mol. The van der Waals surface area contributed by atoms with Gasteiger partial charge in [-0.1, -0.05) is 12.1 Å². The van der Waals surface area contributed by atoms with Crippen LogP contribution in [0.2, 0.25) is 0 Å². The molecule has 0 radical (unpaired) electrons. The topological polar surface area (TPSA) is 147 Å². The van der Waals surface area contributed by atoms with Gasteiger partial charge in [-0.2, -0.15) is 14.9 Å². The number of carbonyl (C=O) groups excluding carboxylic acids is 2. The van der Waals surface area contributed by atoms with Crippen molar-refractivity contribution in [2.75, 3.05) is 19.0 Å². The van der Waals surface area contributed by atoms with E-state index in [2.05, 4.69) is 25.6 Å². The lowest BCUT2D eigenvalue weighted by Crippen LogP contribution is -2.25. The van der Waals surface area contributed by atoms with Crippen molar-refractivity contribution >= 4 is 17.6 Å². The predicted octanol–water partition coefficient (Wildman–Crippen LogP) is 2.38. The molecule has 0 saturated heterocycles. The van der Waals surface area contributed by atoms with E-state index in [1.165, 1.54) is 4.68 Å². The number of amides is 2. The molecular formula is C25H23N7O4. The van der Waals surface area contributed by atoms with Gasteiger partial charge in [-0.15, -0.1) is 5.10 Å². The van der Waals surface area contributed by atoms with Crippen molar-refractivity contribution in [3.8, 4) is 28.7 Å². The minimum atomic E-state index is -0.567. The molecular weight excluding hydrogens is 462 g/mol. The average Bonchev–Trinajstić information content (AvgIpc) is 3.23. The largest absolute Gasteiger partial charge is 0.497 e. The molecule has 2 amide bonds. The molecule has 2 aromatic carbocycles. The number of fused-ring (bicyclic) bond motifs is 1. The quantitative estimate of drug-likeness (QED) is 0.405. The minimum absolute atomic E-state index is 0.170. The zero-order valence-electron chi connectivity index (χ0n) is 19.6. The highest BCUT2D eigenvalue weighted by molar-refractivity contribution is 5.95. The molecule has 1 aliphatic rings. The fraction of sp³-hybridized carbons (Fsp3) is 0.200. The molecule has 0 saturated carbocycles. The third-order valence-electron chi connectivity index (χ3n) is 5.87. The van der Waals surface area contributed by atoms with Crippen LogP contribution >= 0.6 is 0 Å². The highest BCUT2D eigenvalue weighted by Crippen LogP contribution is 2.40. The molecule has 0 bridgehead atoms. The second-order valence-electron chi connectivity index (χ2n) is 8.26. The number of nitrogens with zero attached hydrogens (tertiary/aromatic N) is 5. The Balaban J connectivity index is 1.53. The summed E-state index contributed by atoms with van der Waals surface area (Å²) in [5.41, 5.74) is 9.04. The maximum atomic E-state index is 12.7. The first-order chi connectivity index (χ1) is 17.4. The van der Waals surface area contributed by atoms with Crippen LogP contribution in [0.5, 0.6) is 11.5 Å². The van der Waals surface area contributed by atoms with Gasteiger partial charge in [0.1, 0.15) is 17.3 Å². The highest BCUT2D eigenvalue weighted by Gasteiger charge is 2.33. The number of aromatic nitrogens is 5. The van der Waals surface area contributed by atoms with E-state index in [9.17, 15) is 9.59 Å². The minimum Gasteiger partial charge on any atom is -0.497 e. The Hall–Kier alpha value is -4.80. The average molecular weight is 486 g/mol. The van der Waals surface area contributed by atoms with Crippen molar-refractivity contribution in [3.05, 3.63) is 71.5 Å². The fourth-order valence-electron chi connectivity index (χ4n) is 4.24. The number of primary amides is 1. The van der Waals surface area contributed by atoms with Gasteiger partial charge >= 0.3 is 0 Å². The van der Waals surface area contributed by atoms with E-state index in [0.29, 0.717) is 17.3 Å². The molecule has 3 heterocycles. The molecule has 182 valence electrons. The second-order valence-corrected chi connectivity index (χ2v) is 8.26. The molecule has 0 spiro atoms. The van der Waals surface area contributed by atoms with Gasteiger partial charge in [-0.25, -0.2) is 4.98 Å². The van der Waals surface area contributed by atoms with Gasteiger partial charge < -0.3 is 20.5 Å². The van der Waals surface area contributed by atoms with Crippen LogP contribution in [0.1, 0.15) is 29.2 Å². The lowest BCUT2D eigenvalue weighted by molar-refractivity contribution is -0.120. The van der Waals surface area contributed by atoms with Gasteiger partial charge in [0.2, 0.25) is 5.91 Å². The summed E-state index contributed by atoms with van der Waals surface area (Å²) in [7, 11) is 1.61. The van der Waals surface area contributed by atoms with Crippen LogP contribution in [0.3, 0.4) is 0 Å². The van der Waals surface area contributed by atoms with Gasteiger partial charge in [-0.05, 0) is 48.9 Å². The van der Waals surface area contributed by atoms with Crippen LogP contribution in [0.15, 0.2) is 54.7 Å². The fourth-order valence-corrected chi connectivity index (χ4v) is 4.24. The molecule has 1 atom stereocenters. The summed E-state index contributed by atoms with van der Waals surface area (Å²) in [6.45, 7) is 1.64. The van der Waals surface area contributed by atoms with E-state index in [1.807, 2.05) is 43.3 Å². The van der Waals surface area contributed by atoms with Crippen LogP contribution in [0.4, 0.5) is 5.82 Å². The van der Waals surface area contributed by atoms with E-state index in [0.717, 1.165) is 28.1 Å². The third kappa shape index (κ3) is 4.45. The summed E-state index contributed by atoms with van der Waals surface area (Å²) in [6.07, 6.45) is 1.79. The third-order valence-corrected chi connectivity index (χ3v) is 5.87. The van der Waals surface area contributed by atoms with Crippen molar-refractivity contribution < 1.29 is 19.1 Å². The van der Waals surface area contributed by atoms with E-state index in [-0.39, 0.29) is 30.8 Å². The number of aryl methyl sites for hydroxylation is 1. The Morgan fingerprint density at radius 1 is 1.19 bits per heavy atom. The number of hydrogen-bond acceptors (Lipinski definition) is 8. The zero-order chi connectivity index (χ0) is 25.2. The maximum absolute atomic E-state index is 12.7. The SMILES string of the molecule is COc1ccc(-c2cnnc(-n3nc(C)c4c3NC(=O)C[C@H]4c3cccc(OCC(N)=O)c3)n2)cc1. The van der Waals surface area contributed by atoms with Crippen molar-refractivity contribution in [2.45, 2.75) is 19.3 Å². The van der Waals surface area contributed by atoms with E-state index >= 15 is 0 Å². The van der Waals surface area contributed by atoms with Gasteiger partial charge in [0.25, 0.3) is 11.9 Å². The number of methoxy groups -OCH3 is 1. The standard InChI is InChI=1S/C25H23N7O4/c1-14-23-19(16-4-3-5-18(10-16)36-13-21(26)33)11-22(34)29-24(23)32(31-14)25-28-20(12-27-30-25)15-6-8-17(35-2)9-7-15/h3-10,12,19H,11,13H2,1-2H3,(H2,26,33)(H,29,34)/t19-/m0/s1. The van der Waals surface area contributed by atoms with E-state index in [1.54, 1.807) is 25.4 Å². The normalized spacial score (nSPS) is 14.6. The van der Waals surface area contributed by atoms with Crippen molar-refractivity contribution in [1.29, 1.82) is 0 Å². The molecule has 2 aromatic heterocycles. The van der Waals surface area contributed by atoms with Gasteiger partial charge in [0, 0.05) is 23.5 Å². The molecule has 0 fully saturated rings. The van der Waals surface area contributed by atoms with Crippen molar-refractivity contribution in [2.24, 2.45) is 5.73 Å². The Labute approximate surface area is 206 Å². The Kier molecular flexibility index (Phi) is 6.03. The smallest absolute Gasteiger partial charge is 0.272 e. The molecule has 0 unspecified atom stereocenters. The van der Waals surface area contributed by atoms with Crippen LogP contribution in [0.25, 0.3) is 17.2 Å². The predicted molar refractivity (Wildman–Crippen MR) is 130 cm³/mol. The first-order valence-corrected chi connectivity index (χ1v) is 11.2. The molecule has 3 N–H and O–H groups in total. The van der Waals surface area contributed by atoms with Crippen LogP contribution in [-0.4, -0.2) is 50.5 Å². The summed E-state index contributed by atoms with van der Waals surface area (Å²) in [6, 6.07) is 14.7. The Morgan fingerprint density at radius 2 is 2.00 bits per heavy atom. The number of hydrogen-bond donors (Lipinski definition) is 2. The first kappa shape index (κ1) is 23.0. The van der Waals surface area contributed by atoms with Crippen molar-refractivity contribution in [1.82, 2.24) is 25.0 Å². The molecule has 11 nitrogen and oxygen atoms in total. The summed E-state index contributed by atoms with van der Waals surface area (Å²) in [5.74, 6) is 0.924.